The highest BCUT2D eigenvalue weighted by Crippen LogP contribution is 1.97. The van der Waals surface area contributed by atoms with E-state index in [1.165, 1.54) is 0 Å². The van der Waals surface area contributed by atoms with E-state index in [0.717, 1.165) is 0 Å². The molecule has 3 atom stereocenters. The van der Waals surface area contributed by atoms with Gasteiger partial charge in [0.05, 0.1) is 12.6 Å². The number of carboxylic acid groups (broad SMARTS) is 1. The Labute approximate surface area is 144 Å². The number of carboxylic acids is 1. The van der Waals surface area contributed by atoms with E-state index in [0.29, 0.717) is 13.0 Å². The first-order chi connectivity index (χ1) is 11.2. The number of nitrogens with two attached hydrogens (primary N) is 3. The lowest BCUT2D eigenvalue weighted by Gasteiger charge is -2.20. The predicted molar refractivity (Wildman–Crippen MR) is 90.3 cm³/mol. The lowest BCUT2D eigenvalue weighted by Crippen LogP contribution is -2.56. The maximum absolute atomic E-state index is 11.9. The molecule has 0 rings (SSSR count). The van der Waals surface area contributed by atoms with Crippen molar-refractivity contribution < 1.29 is 24.6 Å². The Hall–Kier alpha value is -2.05. The van der Waals surface area contributed by atoms with Crippen molar-refractivity contribution in [3.63, 3.8) is 0 Å². The molecule has 0 bridgehead atoms. The number of aliphatic carboxylic acids is 1. The van der Waals surface area contributed by atoms with Gasteiger partial charge >= 0.3 is 5.97 Å². The van der Waals surface area contributed by atoms with E-state index >= 15 is 0 Å². The van der Waals surface area contributed by atoms with Crippen molar-refractivity contribution >= 4 is 36.4 Å². The van der Waals surface area contributed by atoms with Gasteiger partial charge in [-0.2, -0.15) is 12.6 Å². The summed E-state index contributed by atoms with van der Waals surface area (Å²) in [6.45, 7) is -0.410. The highest BCUT2D eigenvalue weighted by atomic mass is 32.1. The van der Waals surface area contributed by atoms with E-state index < -0.39 is 42.5 Å². The summed E-state index contributed by atoms with van der Waals surface area (Å²) in [7, 11) is 0. The van der Waals surface area contributed by atoms with Gasteiger partial charge in [0.1, 0.15) is 12.1 Å². The average molecular weight is 364 g/mol. The van der Waals surface area contributed by atoms with Gasteiger partial charge in [-0.25, -0.2) is 4.79 Å². The van der Waals surface area contributed by atoms with Gasteiger partial charge in [-0.15, -0.1) is 0 Å². The van der Waals surface area contributed by atoms with Gasteiger partial charge in [-0.05, 0) is 12.8 Å². The molecule has 0 aliphatic carbocycles. The molecule has 10 N–H and O–H groups in total. The molecule has 11 nitrogen and oxygen atoms in total. The Morgan fingerprint density at radius 2 is 1.71 bits per heavy atom. The van der Waals surface area contributed by atoms with Gasteiger partial charge in [-0.3, -0.25) is 14.6 Å². The Kier molecular flexibility index (Phi) is 10.5. The molecule has 0 heterocycles. The summed E-state index contributed by atoms with van der Waals surface area (Å²) >= 11 is 3.80. The summed E-state index contributed by atoms with van der Waals surface area (Å²) in [4.78, 5) is 38.3. The summed E-state index contributed by atoms with van der Waals surface area (Å²) in [5, 5.41) is 22.4. The van der Waals surface area contributed by atoms with E-state index in [-0.39, 0.29) is 18.1 Å². The summed E-state index contributed by atoms with van der Waals surface area (Å²) in [5.74, 6) is -3.00. The second-order valence-corrected chi connectivity index (χ2v) is 5.25. The third kappa shape index (κ3) is 8.55. The summed E-state index contributed by atoms with van der Waals surface area (Å²) in [5.41, 5.74) is 16.0. The Bertz CT molecular complexity index is 471. The number of nitrogens with one attached hydrogen (secondary N) is 2. The first-order valence-corrected chi connectivity index (χ1v) is 7.72. The molecule has 0 saturated carbocycles. The number of nitrogens with zero attached hydrogens (tertiary/aromatic N) is 1. The molecule has 0 fully saturated rings. The molecule has 2 amide bonds. The molecule has 138 valence electrons. The lowest BCUT2D eigenvalue weighted by atomic mass is 10.1. The molecule has 0 aliphatic heterocycles. The van der Waals surface area contributed by atoms with E-state index in [1.54, 1.807) is 0 Å². The summed E-state index contributed by atoms with van der Waals surface area (Å²) < 4.78 is 0. The van der Waals surface area contributed by atoms with Crippen LogP contribution in [0, 0.1) is 0 Å². The van der Waals surface area contributed by atoms with Crippen LogP contribution in [0.15, 0.2) is 4.99 Å². The van der Waals surface area contributed by atoms with Crippen molar-refractivity contribution in [2.24, 2.45) is 22.2 Å². The number of aliphatic hydroxyl groups is 1. The Morgan fingerprint density at radius 3 is 2.17 bits per heavy atom. The zero-order chi connectivity index (χ0) is 18.7. The molecule has 0 aromatic carbocycles. The number of carbonyl (C=O) groups is 3. The number of rotatable bonds is 11. The van der Waals surface area contributed by atoms with Crippen molar-refractivity contribution in [3.05, 3.63) is 0 Å². The number of thiol groups is 1. The molecule has 0 aromatic heterocycles. The van der Waals surface area contributed by atoms with Gasteiger partial charge in [0.2, 0.25) is 11.8 Å². The van der Waals surface area contributed by atoms with Crippen LogP contribution in [0.5, 0.6) is 0 Å². The fourth-order valence-electron chi connectivity index (χ4n) is 1.58. The highest BCUT2D eigenvalue weighted by molar-refractivity contribution is 7.80. The Balaban J connectivity index is 4.47. The molecular weight excluding hydrogens is 340 g/mol. The lowest BCUT2D eigenvalue weighted by molar-refractivity contribution is -0.141. The van der Waals surface area contributed by atoms with Gasteiger partial charge < -0.3 is 38.0 Å². The van der Waals surface area contributed by atoms with Crippen LogP contribution < -0.4 is 27.8 Å². The molecular formula is C12H24N6O5S. The fourth-order valence-corrected chi connectivity index (χ4v) is 1.83. The van der Waals surface area contributed by atoms with Crippen LogP contribution in [0.4, 0.5) is 0 Å². The normalized spacial score (nSPS) is 14.1. The van der Waals surface area contributed by atoms with Gasteiger partial charge in [0, 0.05) is 12.3 Å². The number of hydrogen-bond donors (Lipinski definition) is 8. The maximum atomic E-state index is 11.9. The number of hydrogen-bond acceptors (Lipinski definition) is 7. The quantitative estimate of drug-likeness (QED) is 0.0791. The monoisotopic (exact) mass is 364 g/mol. The first-order valence-electron chi connectivity index (χ1n) is 7.09. The average Bonchev–Trinajstić information content (AvgIpc) is 2.52. The fraction of sp³-hybridized carbons (Fsp3) is 0.667. The van der Waals surface area contributed by atoms with E-state index in [9.17, 15) is 19.5 Å². The molecule has 0 spiro atoms. The maximum Gasteiger partial charge on any atom is 0.327 e. The molecule has 0 aromatic rings. The second-order valence-electron chi connectivity index (χ2n) is 4.88. The predicted octanol–water partition coefficient (Wildman–Crippen LogP) is -3.66. The minimum absolute atomic E-state index is 0.0674. The van der Waals surface area contributed by atoms with E-state index in [1.807, 2.05) is 0 Å². The molecule has 24 heavy (non-hydrogen) atoms. The minimum Gasteiger partial charge on any atom is -0.480 e. The first kappa shape index (κ1) is 21.9. The number of aliphatic hydroxyl groups excluding tert-OH is 1. The zero-order valence-electron chi connectivity index (χ0n) is 13.0. The van der Waals surface area contributed by atoms with Crippen LogP contribution in [0.3, 0.4) is 0 Å². The topological polar surface area (TPSA) is 206 Å². The van der Waals surface area contributed by atoms with Crippen LogP contribution in [0.1, 0.15) is 12.8 Å². The number of aliphatic imine (C=N–C) groups is 1. The van der Waals surface area contributed by atoms with Crippen LogP contribution in [0.2, 0.25) is 0 Å². The van der Waals surface area contributed by atoms with Crippen LogP contribution in [0.25, 0.3) is 0 Å². The molecule has 0 saturated heterocycles. The zero-order valence-corrected chi connectivity index (χ0v) is 13.9. The molecule has 12 heteroatoms. The summed E-state index contributed by atoms with van der Waals surface area (Å²) in [6.07, 6.45) is 0.708. The van der Waals surface area contributed by atoms with Crippen molar-refractivity contribution in [1.82, 2.24) is 10.6 Å². The summed E-state index contributed by atoms with van der Waals surface area (Å²) in [6, 6.07) is -3.48. The van der Waals surface area contributed by atoms with E-state index in [2.05, 4.69) is 28.3 Å². The van der Waals surface area contributed by atoms with Crippen LogP contribution in [-0.2, 0) is 14.4 Å². The van der Waals surface area contributed by atoms with Crippen LogP contribution >= 0.6 is 12.6 Å². The van der Waals surface area contributed by atoms with Crippen molar-refractivity contribution in [3.8, 4) is 0 Å². The number of amides is 2. The van der Waals surface area contributed by atoms with Crippen molar-refractivity contribution in [1.29, 1.82) is 0 Å². The highest BCUT2D eigenvalue weighted by Gasteiger charge is 2.26. The smallest absolute Gasteiger partial charge is 0.327 e. The Morgan fingerprint density at radius 1 is 1.12 bits per heavy atom. The minimum atomic E-state index is -1.32. The third-order valence-electron chi connectivity index (χ3n) is 2.92. The van der Waals surface area contributed by atoms with Gasteiger partial charge in [-0.1, -0.05) is 0 Å². The third-order valence-corrected chi connectivity index (χ3v) is 3.28. The van der Waals surface area contributed by atoms with Gasteiger partial charge in [0.25, 0.3) is 0 Å². The van der Waals surface area contributed by atoms with Crippen molar-refractivity contribution in [2.75, 3.05) is 18.9 Å². The number of guanidine groups is 1. The van der Waals surface area contributed by atoms with Crippen molar-refractivity contribution in [2.45, 2.75) is 31.0 Å². The standard InChI is InChI=1S/C12H24N6O5S/c13-6(2-1-3-16-12(14)15)9(20)17-7(4-19)10(21)18-8(5-24)11(22)23/h6-8,19,24H,1-5,13H2,(H,17,20)(H,18,21)(H,22,23)(H4,14,15,16). The van der Waals surface area contributed by atoms with Crippen LogP contribution in [-0.4, -0.2) is 71.0 Å². The molecule has 0 aliphatic rings. The van der Waals surface area contributed by atoms with Gasteiger partial charge in [0.15, 0.2) is 5.96 Å². The second kappa shape index (κ2) is 11.5. The van der Waals surface area contributed by atoms with E-state index in [4.69, 9.17) is 22.3 Å². The number of carbonyl (C=O) groups excluding carboxylic acids is 2. The largest absolute Gasteiger partial charge is 0.480 e. The molecule has 3 unspecified atom stereocenters. The molecule has 0 radical (unpaired) electrons. The SMILES string of the molecule is NC(N)=NCCCC(N)C(=O)NC(CO)C(=O)NC(CS)C(=O)O.